The van der Waals surface area contributed by atoms with Gasteiger partial charge in [-0.15, -0.1) is 0 Å². The third kappa shape index (κ3) is 1.96. The van der Waals surface area contributed by atoms with Crippen molar-refractivity contribution in [3.8, 4) is 0 Å². The molecule has 0 aliphatic heterocycles. The molecule has 1 aromatic rings. The molecule has 0 saturated heterocycles. The molecule has 0 aliphatic carbocycles. The fourth-order valence-corrected chi connectivity index (χ4v) is 0.897. The van der Waals surface area contributed by atoms with Gasteiger partial charge in [-0.05, 0) is 30.7 Å². The maximum Gasteiger partial charge on any atom is 0.193 e. The Morgan fingerprint density at radius 3 is 2.64 bits per heavy atom. The number of furan rings is 1. The lowest BCUT2D eigenvalue weighted by molar-refractivity contribution is 0.153. The van der Waals surface area contributed by atoms with E-state index in [-0.39, 0.29) is 5.22 Å². The molecule has 0 aromatic carbocycles. The van der Waals surface area contributed by atoms with Crippen LogP contribution in [0.4, 0.5) is 0 Å². The number of nitrogens with two attached hydrogens (primary N) is 1. The standard InChI is InChI=1S/C7H10ClNO2/c1-4(10)7(9)5-2-3-6(8)11-5/h2-4,7,10H,9H2,1H3. The fourth-order valence-electron chi connectivity index (χ4n) is 0.745. The molecule has 0 saturated carbocycles. The van der Waals surface area contributed by atoms with Gasteiger partial charge in [0.1, 0.15) is 5.76 Å². The summed E-state index contributed by atoms with van der Waals surface area (Å²) < 4.78 is 4.99. The van der Waals surface area contributed by atoms with E-state index in [0.29, 0.717) is 5.76 Å². The predicted molar refractivity (Wildman–Crippen MR) is 42.3 cm³/mol. The van der Waals surface area contributed by atoms with Crippen LogP contribution in [-0.2, 0) is 0 Å². The Balaban J connectivity index is 2.76. The molecule has 2 atom stereocenters. The highest BCUT2D eigenvalue weighted by Crippen LogP contribution is 2.20. The van der Waals surface area contributed by atoms with Gasteiger partial charge in [0.25, 0.3) is 0 Å². The van der Waals surface area contributed by atoms with Gasteiger partial charge in [0.15, 0.2) is 5.22 Å². The third-order valence-corrected chi connectivity index (χ3v) is 1.65. The van der Waals surface area contributed by atoms with Crippen molar-refractivity contribution in [2.24, 2.45) is 5.73 Å². The first-order chi connectivity index (χ1) is 5.11. The number of aliphatic hydroxyl groups excluding tert-OH is 1. The molecule has 4 heteroatoms. The number of halogens is 1. The lowest BCUT2D eigenvalue weighted by Crippen LogP contribution is -2.22. The maximum atomic E-state index is 9.06. The second-order valence-corrected chi connectivity index (χ2v) is 2.78. The molecular weight excluding hydrogens is 166 g/mol. The maximum absolute atomic E-state index is 9.06. The smallest absolute Gasteiger partial charge is 0.193 e. The van der Waals surface area contributed by atoms with Crippen molar-refractivity contribution >= 4 is 11.6 Å². The van der Waals surface area contributed by atoms with Gasteiger partial charge < -0.3 is 15.3 Å². The summed E-state index contributed by atoms with van der Waals surface area (Å²) in [5.41, 5.74) is 5.55. The minimum absolute atomic E-state index is 0.288. The highest BCUT2D eigenvalue weighted by atomic mass is 35.5. The second-order valence-electron chi connectivity index (χ2n) is 2.41. The Labute approximate surface area is 69.8 Å². The summed E-state index contributed by atoms with van der Waals surface area (Å²) in [5, 5.41) is 9.34. The summed E-state index contributed by atoms with van der Waals surface area (Å²) in [5.74, 6) is 0.505. The molecule has 11 heavy (non-hydrogen) atoms. The largest absolute Gasteiger partial charge is 0.448 e. The zero-order valence-corrected chi connectivity index (χ0v) is 6.88. The topological polar surface area (TPSA) is 59.4 Å². The third-order valence-electron chi connectivity index (χ3n) is 1.44. The fraction of sp³-hybridized carbons (Fsp3) is 0.429. The van der Waals surface area contributed by atoms with Crippen molar-refractivity contribution in [2.45, 2.75) is 19.1 Å². The number of hydrogen-bond acceptors (Lipinski definition) is 3. The van der Waals surface area contributed by atoms with Crippen molar-refractivity contribution in [3.05, 3.63) is 23.1 Å². The Hall–Kier alpha value is -0.510. The SMILES string of the molecule is CC(O)C(N)c1ccc(Cl)o1. The molecule has 0 amide bonds. The van der Waals surface area contributed by atoms with Crippen LogP contribution in [0.2, 0.25) is 5.22 Å². The van der Waals surface area contributed by atoms with Crippen molar-refractivity contribution in [1.82, 2.24) is 0 Å². The molecule has 1 rings (SSSR count). The normalized spacial score (nSPS) is 16.4. The zero-order chi connectivity index (χ0) is 8.43. The minimum Gasteiger partial charge on any atom is -0.448 e. The molecule has 0 aliphatic rings. The molecule has 0 bridgehead atoms. The first-order valence-corrected chi connectivity index (χ1v) is 3.68. The summed E-state index contributed by atoms with van der Waals surface area (Å²) in [7, 11) is 0. The molecule has 1 heterocycles. The van der Waals surface area contributed by atoms with Crippen molar-refractivity contribution in [3.63, 3.8) is 0 Å². The highest BCUT2D eigenvalue weighted by Gasteiger charge is 2.15. The van der Waals surface area contributed by atoms with Crippen molar-refractivity contribution in [1.29, 1.82) is 0 Å². The van der Waals surface area contributed by atoms with E-state index in [1.54, 1.807) is 19.1 Å². The highest BCUT2D eigenvalue weighted by molar-refractivity contribution is 6.28. The average molecular weight is 176 g/mol. The second kappa shape index (κ2) is 3.26. The summed E-state index contributed by atoms with van der Waals surface area (Å²) in [6.07, 6.45) is -0.628. The van der Waals surface area contributed by atoms with E-state index in [1.165, 1.54) is 0 Å². The minimum atomic E-state index is -0.628. The van der Waals surface area contributed by atoms with Crippen molar-refractivity contribution < 1.29 is 9.52 Å². The monoisotopic (exact) mass is 175 g/mol. The van der Waals surface area contributed by atoms with E-state index in [2.05, 4.69) is 0 Å². The van der Waals surface area contributed by atoms with E-state index in [1.807, 2.05) is 0 Å². The molecule has 3 N–H and O–H groups in total. The van der Waals surface area contributed by atoms with Crippen molar-refractivity contribution in [2.75, 3.05) is 0 Å². The zero-order valence-electron chi connectivity index (χ0n) is 6.12. The van der Waals surface area contributed by atoms with Crippen LogP contribution in [-0.4, -0.2) is 11.2 Å². The van der Waals surface area contributed by atoms with Crippen LogP contribution >= 0.6 is 11.6 Å². The van der Waals surface area contributed by atoms with Gasteiger partial charge in [-0.25, -0.2) is 0 Å². The van der Waals surface area contributed by atoms with Gasteiger partial charge in [0, 0.05) is 0 Å². The van der Waals surface area contributed by atoms with Gasteiger partial charge in [-0.3, -0.25) is 0 Å². The summed E-state index contributed by atoms with van der Waals surface area (Å²) in [4.78, 5) is 0. The van der Waals surface area contributed by atoms with Gasteiger partial charge in [-0.2, -0.15) is 0 Å². The Morgan fingerprint density at radius 2 is 2.27 bits per heavy atom. The van der Waals surface area contributed by atoms with Gasteiger partial charge in [0.2, 0.25) is 0 Å². The Kier molecular flexibility index (Phi) is 2.54. The van der Waals surface area contributed by atoms with Crippen LogP contribution in [0, 0.1) is 0 Å². The van der Waals surface area contributed by atoms with E-state index in [9.17, 15) is 0 Å². The molecule has 62 valence electrons. The summed E-state index contributed by atoms with van der Waals surface area (Å²) in [6.45, 7) is 1.60. The molecule has 2 unspecified atom stereocenters. The summed E-state index contributed by atoms with van der Waals surface area (Å²) >= 11 is 5.51. The van der Waals surface area contributed by atoms with E-state index >= 15 is 0 Å². The Morgan fingerprint density at radius 1 is 1.64 bits per heavy atom. The Bertz CT molecular complexity index is 234. The number of hydrogen-bond donors (Lipinski definition) is 2. The van der Waals surface area contributed by atoms with Crippen LogP contribution in [0.1, 0.15) is 18.7 Å². The quantitative estimate of drug-likeness (QED) is 0.713. The van der Waals surface area contributed by atoms with Gasteiger partial charge >= 0.3 is 0 Å². The predicted octanol–water partition coefficient (Wildman–Crippen LogP) is 1.31. The van der Waals surface area contributed by atoms with Crippen LogP contribution in [0.15, 0.2) is 16.5 Å². The summed E-state index contributed by atoms with van der Waals surface area (Å²) in [6, 6.07) is 2.75. The van der Waals surface area contributed by atoms with E-state index in [0.717, 1.165) is 0 Å². The van der Waals surface area contributed by atoms with Crippen LogP contribution < -0.4 is 5.73 Å². The molecular formula is C7H10ClNO2. The van der Waals surface area contributed by atoms with Gasteiger partial charge in [-0.1, -0.05) is 0 Å². The average Bonchev–Trinajstić information content (AvgIpc) is 2.34. The first kappa shape index (κ1) is 8.59. The number of aliphatic hydroxyl groups is 1. The molecule has 3 nitrogen and oxygen atoms in total. The lowest BCUT2D eigenvalue weighted by atomic mass is 10.1. The van der Waals surface area contributed by atoms with Crippen LogP contribution in [0.25, 0.3) is 0 Å². The molecule has 0 spiro atoms. The number of rotatable bonds is 2. The first-order valence-electron chi connectivity index (χ1n) is 3.30. The molecule has 1 aromatic heterocycles. The van der Waals surface area contributed by atoms with Crippen LogP contribution in [0.3, 0.4) is 0 Å². The van der Waals surface area contributed by atoms with E-state index < -0.39 is 12.1 Å². The van der Waals surface area contributed by atoms with Crippen LogP contribution in [0.5, 0.6) is 0 Å². The molecule has 0 radical (unpaired) electrons. The van der Waals surface area contributed by atoms with E-state index in [4.69, 9.17) is 26.9 Å². The van der Waals surface area contributed by atoms with Gasteiger partial charge in [0.05, 0.1) is 12.1 Å². The lowest BCUT2D eigenvalue weighted by Gasteiger charge is -2.10. The molecule has 0 fully saturated rings.